The highest BCUT2D eigenvalue weighted by Gasteiger charge is 2.36. The molecular formula is C15H18N2S. The lowest BCUT2D eigenvalue weighted by atomic mass is 9.82. The Bertz CT molecular complexity index is 534. The summed E-state index contributed by atoms with van der Waals surface area (Å²) in [5.74, 6) is 0. The van der Waals surface area contributed by atoms with Crippen molar-refractivity contribution in [3.05, 3.63) is 51.5 Å². The third kappa shape index (κ3) is 2.08. The molecule has 0 saturated heterocycles. The SMILES string of the molecule is Cc1csc(CC2(CN)Cc3ccccc3C2)n1. The van der Waals surface area contributed by atoms with Crippen LogP contribution in [0.5, 0.6) is 0 Å². The lowest BCUT2D eigenvalue weighted by Crippen LogP contribution is -2.33. The molecule has 1 aromatic heterocycles. The van der Waals surface area contributed by atoms with Crippen molar-refractivity contribution in [3.8, 4) is 0 Å². The van der Waals surface area contributed by atoms with Crippen LogP contribution in [0.3, 0.4) is 0 Å². The van der Waals surface area contributed by atoms with E-state index in [0.717, 1.165) is 31.5 Å². The largest absolute Gasteiger partial charge is 0.330 e. The molecule has 1 aromatic carbocycles. The Morgan fingerprint density at radius 3 is 2.44 bits per heavy atom. The van der Waals surface area contributed by atoms with Crippen LogP contribution in [0.1, 0.15) is 21.8 Å². The zero-order chi connectivity index (χ0) is 12.6. The first kappa shape index (κ1) is 11.9. The fourth-order valence-electron chi connectivity index (χ4n) is 2.92. The maximum atomic E-state index is 6.08. The summed E-state index contributed by atoms with van der Waals surface area (Å²) >= 11 is 1.76. The normalized spacial score (nSPS) is 16.8. The first-order chi connectivity index (χ1) is 8.71. The monoisotopic (exact) mass is 258 g/mol. The summed E-state index contributed by atoms with van der Waals surface area (Å²) in [5.41, 5.74) is 10.3. The van der Waals surface area contributed by atoms with Crippen molar-refractivity contribution in [1.29, 1.82) is 0 Å². The Kier molecular flexibility index (Phi) is 2.96. The quantitative estimate of drug-likeness (QED) is 0.919. The van der Waals surface area contributed by atoms with Crippen molar-refractivity contribution in [3.63, 3.8) is 0 Å². The number of hydrogen-bond acceptors (Lipinski definition) is 3. The van der Waals surface area contributed by atoms with Gasteiger partial charge in [0.2, 0.25) is 0 Å². The fraction of sp³-hybridized carbons (Fsp3) is 0.400. The summed E-state index contributed by atoms with van der Waals surface area (Å²) in [5, 5.41) is 3.35. The first-order valence-electron chi connectivity index (χ1n) is 6.39. The highest BCUT2D eigenvalue weighted by Crippen LogP contribution is 2.39. The van der Waals surface area contributed by atoms with Gasteiger partial charge in [-0.2, -0.15) is 0 Å². The minimum atomic E-state index is 0.188. The van der Waals surface area contributed by atoms with E-state index in [9.17, 15) is 0 Å². The van der Waals surface area contributed by atoms with E-state index < -0.39 is 0 Å². The second-order valence-electron chi connectivity index (χ2n) is 5.39. The van der Waals surface area contributed by atoms with Crippen LogP contribution in [0.15, 0.2) is 29.6 Å². The molecular weight excluding hydrogens is 240 g/mol. The van der Waals surface area contributed by atoms with E-state index in [0.29, 0.717) is 0 Å². The number of nitrogens with zero attached hydrogens (tertiary/aromatic N) is 1. The Morgan fingerprint density at radius 1 is 1.28 bits per heavy atom. The summed E-state index contributed by atoms with van der Waals surface area (Å²) in [7, 11) is 0. The third-order valence-electron chi connectivity index (χ3n) is 3.88. The zero-order valence-corrected chi connectivity index (χ0v) is 11.5. The first-order valence-corrected chi connectivity index (χ1v) is 7.27. The van der Waals surface area contributed by atoms with Crippen molar-refractivity contribution in [2.45, 2.75) is 26.2 Å². The number of thiazole rings is 1. The molecule has 0 unspecified atom stereocenters. The second-order valence-corrected chi connectivity index (χ2v) is 6.33. The zero-order valence-electron chi connectivity index (χ0n) is 10.6. The molecule has 1 aliphatic rings. The van der Waals surface area contributed by atoms with Gasteiger partial charge in [0.15, 0.2) is 0 Å². The van der Waals surface area contributed by atoms with Gasteiger partial charge in [-0.15, -0.1) is 11.3 Å². The molecule has 94 valence electrons. The number of rotatable bonds is 3. The Hall–Kier alpha value is -1.19. The molecule has 2 nitrogen and oxygen atoms in total. The van der Waals surface area contributed by atoms with Gasteiger partial charge in [0.1, 0.15) is 0 Å². The minimum Gasteiger partial charge on any atom is -0.330 e. The molecule has 0 saturated carbocycles. The van der Waals surface area contributed by atoms with Crippen LogP contribution in [0, 0.1) is 12.3 Å². The van der Waals surface area contributed by atoms with E-state index in [2.05, 4.69) is 41.6 Å². The molecule has 2 N–H and O–H groups in total. The summed E-state index contributed by atoms with van der Waals surface area (Å²) in [4.78, 5) is 4.59. The van der Waals surface area contributed by atoms with Crippen LogP contribution in [-0.4, -0.2) is 11.5 Å². The maximum absolute atomic E-state index is 6.08. The number of aromatic nitrogens is 1. The van der Waals surface area contributed by atoms with E-state index in [1.165, 1.54) is 16.1 Å². The molecule has 18 heavy (non-hydrogen) atoms. The van der Waals surface area contributed by atoms with Crippen LogP contribution in [0.2, 0.25) is 0 Å². The van der Waals surface area contributed by atoms with Gasteiger partial charge in [-0.05, 0) is 42.9 Å². The summed E-state index contributed by atoms with van der Waals surface area (Å²) in [6.07, 6.45) is 3.20. The molecule has 0 aliphatic heterocycles. The molecule has 3 rings (SSSR count). The minimum absolute atomic E-state index is 0.188. The molecule has 0 atom stereocenters. The predicted molar refractivity (Wildman–Crippen MR) is 75.9 cm³/mol. The highest BCUT2D eigenvalue weighted by molar-refractivity contribution is 7.09. The van der Waals surface area contributed by atoms with Gasteiger partial charge in [-0.1, -0.05) is 24.3 Å². The Morgan fingerprint density at radius 2 is 1.94 bits per heavy atom. The molecule has 0 spiro atoms. The summed E-state index contributed by atoms with van der Waals surface area (Å²) in [6.45, 7) is 2.79. The standard InChI is InChI=1S/C15H18N2S/c1-11-9-18-14(17-11)8-15(10-16)6-12-4-2-3-5-13(12)7-15/h2-5,9H,6-8,10,16H2,1H3. The van der Waals surface area contributed by atoms with Crippen molar-refractivity contribution in [2.24, 2.45) is 11.1 Å². The van der Waals surface area contributed by atoms with Crippen molar-refractivity contribution in [2.75, 3.05) is 6.54 Å². The number of aryl methyl sites for hydroxylation is 1. The Balaban J connectivity index is 1.86. The molecule has 1 heterocycles. The highest BCUT2D eigenvalue weighted by atomic mass is 32.1. The molecule has 2 aromatic rings. The molecule has 1 aliphatic carbocycles. The second kappa shape index (κ2) is 4.48. The van der Waals surface area contributed by atoms with E-state index in [1.54, 1.807) is 11.3 Å². The third-order valence-corrected chi connectivity index (χ3v) is 4.84. The van der Waals surface area contributed by atoms with Crippen molar-refractivity contribution < 1.29 is 0 Å². The predicted octanol–water partition coefficient (Wildman–Crippen LogP) is 2.74. The lowest BCUT2D eigenvalue weighted by Gasteiger charge is -2.26. The topological polar surface area (TPSA) is 38.9 Å². The van der Waals surface area contributed by atoms with Gasteiger partial charge in [-0.3, -0.25) is 0 Å². The Labute approximate surface area is 112 Å². The number of fused-ring (bicyclic) bond motifs is 1. The van der Waals surface area contributed by atoms with Crippen LogP contribution in [0.4, 0.5) is 0 Å². The van der Waals surface area contributed by atoms with Gasteiger partial charge in [0.05, 0.1) is 5.01 Å². The number of nitrogens with two attached hydrogens (primary N) is 1. The average molecular weight is 258 g/mol. The lowest BCUT2D eigenvalue weighted by molar-refractivity contribution is 0.314. The number of hydrogen-bond donors (Lipinski definition) is 1. The fourth-order valence-corrected chi connectivity index (χ4v) is 3.86. The molecule has 0 radical (unpaired) electrons. The van der Waals surface area contributed by atoms with Crippen molar-refractivity contribution >= 4 is 11.3 Å². The van der Waals surface area contributed by atoms with E-state index in [4.69, 9.17) is 5.73 Å². The van der Waals surface area contributed by atoms with Gasteiger partial charge in [0.25, 0.3) is 0 Å². The summed E-state index contributed by atoms with van der Waals surface area (Å²) < 4.78 is 0. The number of benzene rings is 1. The molecule has 0 bridgehead atoms. The molecule has 0 fully saturated rings. The van der Waals surface area contributed by atoms with E-state index in [1.807, 2.05) is 0 Å². The molecule has 0 amide bonds. The van der Waals surface area contributed by atoms with Gasteiger partial charge in [0, 0.05) is 17.5 Å². The molecule has 3 heteroatoms. The van der Waals surface area contributed by atoms with Crippen molar-refractivity contribution in [1.82, 2.24) is 4.98 Å². The van der Waals surface area contributed by atoms with E-state index >= 15 is 0 Å². The van der Waals surface area contributed by atoms with E-state index in [-0.39, 0.29) is 5.41 Å². The maximum Gasteiger partial charge on any atom is 0.0934 e. The smallest absolute Gasteiger partial charge is 0.0934 e. The van der Waals surface area contributed by atoms with Crippen LogP contribution >= 0.6 is 11.3 Å². The van der Waals surface area contributed by atoms with Crippen LogP contribution < -0.4 is 5.73 Å². The van der Waals surface area contributed by atoms with Gasteiger partial charge in [-0.25, -0.2) is 4.98 Å². The van der Waals surface area contributed by atoms with Gasteiger partial charge < -0.3 is 5.73 Å². The van der Waals surface area contributed by atoms with Crippen LogP contribution in [-0.2, 0) is 19.3 Å². The van der Waals surface area contributed by atoms with Crippen LogP contribution in [0.25, 0.3) is 0 Å². The average Bonchev–Trinajstić information content (AvgIpc) is 2.93. The summed E-state index contributed by atoms with van der Waals surface area (Å²) in [6, 6.07) is 8.72. The van der Waals surface area contributed by atoms with Gasteiger partial charge >= 0.3 is 0 Å².